The first-order valence-corrected chi connectivity index (χ1v) is 9.77. The van der Waals surface area contributed by atoms with Crippen molar-refractivity contribution >= 4 is 21.2 Å². The van der Waals surface area contributed by atoms with E-state index >= 15 is 0 Å². The topological polar surface area (TPSA) is 76.9 Å². The number of sulfonamides is 1. The van der Waals surface area contributed by atoms with E-state index in [9.17, 15) is 8.42 Å². The number of hydrogen-bond acceptors (Lipinski definition) is 4. The number of aryl methyl sites for hydroxylation is 3. The fourth-order valence-corrected chi connectivity index (χ4v) is 4.14. The summed E-state index contributed by atoms with van der Waals surface area (Å²) in [7, 11) is -3.60. The van der Waals surface area contributed by atoms with Crippen LogP contribution in [0.15, 0.2) is 41.4 Å². The number of rotatable bonds is 6. The predicted octanol–water partition coefficient (Wildman–Crippen LogP) is 2.94. The van der Waals surface area contributed by atoms with Crippen LogP contribution in [0, 0.1) is 13.8 Å². The van der Waals surface area contributed by atoms with Crippen LogP contribution in [0.1, 0.15) is 30.3 Å². The Bertz CT molecular complexity index is 1010. The van der Waals surface area contributed by atoms with Gasteiger partial charge in [0.05, 0.1) is 11.4 Å². The van der Waals surface area contributed by atoms with Gasteiger partial charge in [-0.2, -0.15) is 0 Å². The second-order valence-corrected chi connectivity index (χ2v) is 7.85. The molecule has 6 nitrogen and oxygen atoms in total. The molecule has 0 unspecified atom stereocenters. The Morgan fingerprint density at radius 3 is 2.76 bits per heavy atom. The average Bonchev–Trinajstić information content (AvgIpc) is 2.94. The third-order valence-corrected chi connectivity index (χ3v) is 5.63. The van der Waals surface area contributed by atoms with Crippen molar-refractivity contribution in [1.82, 2.24) is 19.3 Å². The molecule has 0 spiro atoms. The zero-order valence-electron chi connectivity index (χ0n) is 14.7. The smallest absolute Gasteiger partial charge is 0.241 e. The van der Waals surface area contributed by atoms with Crippen molar-refractivity contribution < 1.29 is 8.42 Å². The van der Waals surface area contributed by atoms with E-state index in [-0.39, 0.29) is 6.54 Å². The lowest BCUT2D eigenvalue weighted by Crippen LogP contribution is -2.26. The molecular weight excluding hydrogens is 336 g/mol. The van der Waals surface area contributed by atoms with E-state index in [0.29, 0.717) is 10.7 Å². The van der Waals surface area contributed by atoms with E-state index in [1.165, 1.54) is 0 Å². The maximum absolute atomic E-state index is 12.7. The fourth-order valence-electron chi connectivity index (χ4n) is 2.83. The van der Waals surface area contributed by atoms with Gasteiger partial charge >= 0.3 is 0 Å². The number of nitrogens with one attached hydrogen (secondary N) is 1. The summed E-state index contributed by atoms with van der Waals surface area (Å²) in [6.07, 6.45) is 2.64. The average molecular weight is 358 g/mol. The highest BCUT2D eigenvalue weighted by molar-refractivity contribution is 7.89. The quantitative estimate of drug-likeness (QED) is 0.735. The zero-order chi connectivity index (χ0) is 18.0. The number of nitrogens with zero attached hydrogens (tertiary/aromatic N) is 3. The van der Waals surface area contributed by atoms with Gasteiger partial charge in [0.25, 0.3) is 0 Å². The van der Waals surface area contributed by atoms with Gasteiger partial charge in [0.1, 0.15) is 11.3 Å². The Labute approximate surface area is 148 Å². The molecule has 2 aromatic heterocycles. The van der Waals surface area contributed by atoms with Crippen molar-refractivity contribution in [2.24, 2.45) is 0 Å². The molecule has 0 radical (unpaired) electrons. The summed E-state index contributed by atoms with van der Waals surface area (Å²) < 4.78 is 30.1. The standard InChI is InChI=1S/C18H22N4O2S/c1-4-10-22-17(21-15-6-5-9-19-18(15)22)12-20-25(23,24)16-11-13(2)7-8-14(16)3/h5-9,11,20H,4,10,12H2,1-3H3. The maximum Gasteiger partial charge on any atom is 0.241 e. The molecule has 0 aliphatic rings. The predicted molar refractivity (Wildman–Crippen MR) is 97.8 cm³/mol. The van der Waals surface area contributed by atoms with Crippen molar-refractivity contribution in [3.05, 3.63) is 53.5 Å². The van der Waals surface area contributed by atoms with Crippen molar-refractivity contribution in [3.63, 3.8) is 0 Å². The summed E-state index contributed by atoms with van der Waals surface area (Å²) in [6.45, 7) is 6.62. The number of pyridine rings is 1. The molecule has 2 heterocycles. The van der Waals surface area contributed by atoms with Crippen LogP contribution in [0.25, 0.3) is 11.2 Å². The Hall–Kier alpha value is -2.25. The van der Waals surface area contributed by atoms with Crippen LogP contribution >= 0.6 is 0 Å². The van der Waals surface area contributed by atoms with Gasteiger partial charge in [0.15, 0.2) is 5.65 Å². The number of hydrogen-bond donors (Lipinski definition) is 1. The second kappa shape index (κ2) is 6.93. The summed E-state index contributed by atoms with van der Waals surface area (Å²) in [5.74, 6) is 0.671. The molecular formula is C18H22N4O2S. The minimum atomic E-state index is -3.60. The van der Waals surface area contributed by atoms with Crippen LogP contribution in [-0.2, 0) is 23.1 Å². The van der Waals surface area contributed by atoms with E-state index in [4.69, 9.17) is 0 Å². The first-order chi connectivity index (χ1) is 11.9. The van der Waals surface area contributed by atoms with Gasteiger partial charge in [0.2, 0.25) is 10.0 Å². The van der Waals surface area contributed by atoms with Crippen LogP contribution in [0.3, 0.4) is 0 Å². The fraction of sp³-hybridized carbons (Fsp3) is 0.333. The van der Waals surface area contributed by atoms with E-state index in [1.54, 1.807) is 19.2 Å². The van der Waals surface area contributed by atoms with Gasteiger partial charge in [-0.15, -0.1) is 0 Å². The van der Waals surface area contributed by atoms with Gasteiger partial charge in [-0.05, 0) is 49.6 Å². The monoisotopic (exact) mass is 358 g/mol. The molecule has 0 saturated heterocycles. The van der Waals surface area contributed by atoms with Gasteiger partial charge in [-0.3, -0.25) is 0 Å². The van der Waals surface area contributed by atoms with Crippen LogP contribution < -0.4 is 4.72 Å². The summed E-state index contributed by atoms with van der Waals surface area (Å²) in [5.41, 5.74) is 3.19. The molecule has 3 aromatic rings. The SMILES string of the molecule is CCCn1c(CNS(=O)(=O)c2cc(C)ccc2C)nc2cccnc21. The summed E-state index contributed by atoms with van der Waals surface area (Å²) in [5, 5.41) is 0. The molecule has 132 valence electrons. The number of aromatic nitrogens is 3. The van der Waals surface area contributed by atoms with Crippen molar-refractivity contribution in [1.29, 1.82) is 0 Å². The number of benzene rings is 1. The first kappa shape index (κ1) is 17.6. The minimum Gasteiger partial charge on any atom is -0.312 e. The highest BCUT2D eigenvalue weighted by Crippen LogP contribution is 2.18. The van der Waals surface area contributed by atoms with Crippen LogP contribution in [0.2, 0.25) is 0 Å². The highest BCUT2D eigenvalue weighted by Gasteiger charge is 2.19. The highest BCUT2D eigenvalue weighted by atomic mass is 32.2. The molecule has 3 rings (SSSR count). The Balaban J connectivity index is 1.91. The van der Waals surface area contributed by atoms with E-state index < -0.39 is 10.0 Å². The van der Waals surface area contributed by atoms with Crippen LogP contribution in [-0.4, -0.2) is 23.0 Å². The van der Waals surface area contributed by atoms with Crippen LogP contribution in [0.4, 0.5) is 0 Å². The minimum absolute atomic E-state index is 0.131. The lowest BCUT2D eigenvalue weighted by molar-refractivity contribution is 0.572. The number of imidazole rings is 1. The van der Waals surface area contributed by atoms with E-state index in [2.05, 4.69) is 21.6 Å². The molecule has 1 N–H and O–H groups in total. The van der Waals surface area contributed by atoms with Crippen molar-refractivity contribution in [2.75, 3.05) is 0 Å². The van der Waals surface area contributed by atoms with Gasteiger partial charge in [-0.25, -0.2) is 23.1 Å². The van der Waals surface area contributed by atoms with E-state index in [0.717, 1.165) is 35.3 Å². The molecule has 0 atom stereocenters. The van der Waals surface area contributed by atoms with Gasteiger partial charge in [-0.1, -0.05) is 19.1 Å². The van der Waals surface area contributed by atoms with Crippen LogP contribution in [0.5, 0.6) is 0 Å². The lowest BCUT2D eigenvalue weighted by Gasteiger charge is -2.11. The Morgan fingerprint density at radius 1 is 1.20 bits per heavy atom. The first-order valence-electron chi connectivity index (χ1n) is 8.29. The maximum atomic E-state index is 12.7. The number of fused-ring (bicyclic) bond motifs is 1. The van der Waals surface area contributed by atoms with Gasteiger partial charge in [0, 0.05) is 12.7 Å². The Kier molecular flexibility index (Phi) is 4.87. The third-order valence-electron chi connectivity index (χ3n) is 4.08. The largest absolute Gasteiger partial charge is 0.312 e. The molecule has 25 heavy (non-hydrogen) atoms. The summed E-state index contributed by atoms with van der Waals surface area (Å²) >= 11 is 0. The summed E-state index contributed by atoms with van der Waals surface area (Å²) in [4.78, 5) is 9.22. The third kappa shape index (κ3) is 3.57. The molecule has 0 bridgehead atoms. The van der Waals surface area contributed by atoms with Gasteiger partial charge < -0.3 is 4.57 Å². The molecule has 0 aliphatic carbocycles. The molecule has 0 saturated carbocycles. The van der Waals surface area contributed by atoms with Crippen molar-refractivity contribution in [2.45, 2.75) is 45.2 Å². The zero-order valence-corrected chi connectivity index (χ0v) is 15.5. The van der Waals surface area contributed by atoms with Crippen molar-refractivity contribution in [3.8, 4) is 0 Å². The molecule has 1 aromatic carbocycles. The summed E-state index contributed by atoms with van der Waals surface area (Å²) in [6, 6.07) is 9.13. The van der Waals surface area contributed by atoms with E-state index in [1.807, 2.05) is 35.8 Å². The molecule has 0 aliphatic heterocycles. The normalized spacial score (nSPS) is 12.0. The Morgan fingerprint density at radius 2 is 2.00 bits per heavy atom. The molecule has 0 amide bonds. The molecule has 0 fully saturated rings. The lowest BCUT2D eigenvalue weighted by atomic mass is 10.2. The molecule has 7 heteroatoms. The second-order valence-electron chi connectivity index (χ2n) is 6.12.